The van der Waals surface area contributed by atoms with Gasteiger partial charge in [-0.05, 0) is 35.7 Å². The fourth-order valence-electron chi connectivity index (χ4n) is 3.78. The first kappa shape index (κ1) is 18.5. The summed E-state index contributed by atoms with van der Waals surface area (Å²) >= 11 is 0. The van der Waals surface area contributed by atoms with Crippen molar-refractivity contribution in [1.82, 2.24) is 13.4 Å². The fourth-order valence-corrected chi connectivity index (χ4v) is 5.37. The number of sulfonamides is 1. The molecular weight excluding hydrogens is 380 g/mol. The molecule has 0 unspecified atom stereocenters. The van der Waals surface area contributed by atoms with Crippen molar-refractivity contribution >= 4 is 27.0 Å². The summed E-state index contributed by atoms with van der Waals surface area (Å²) in [5.41, 5.74) is 8.18. The summed E-state index contributed by atoms with van der Waals surface area (Å²) in [4.78, 5) is 24.2. The van der Waals surface area contributed by atoms with E-state index in [4.69, 9.17) is 5.73 Å². The number of primary amides is 1. The minimum absolute atomic E-state index is 0.0202. The lowest BCUT2D eigenvalue weighted by molar-refractivity contribution is -0.122. The predicted molar refractivity (Wildman–Crippen MR) is 104 cm³/mol. The quantitative estimate of drug-likeness (QED) is 0.690. The van der Waals surface area contributed by atoms with Gasteiger partial charge in [-0.2, -0.15) is 4.31 Å². The average Bonchev–Trinajstić information content (AvgIpc) is 2.90. The van der Waals surface area contributed by atoms with Crippen LogP contribution in [0.15, 0.2) is 52.2 Å². The Morgan fingerprint density at radius 2 is 1.68 bits per heavy atom. The molecule has 146 valence electrons. The first-order valence-electron chi connectivity index (χ1n) is 8.75. The lowest BCUT2D eigenvalue weighted by atomic mass is 9.96. The molecule has 1 amide bonds. The van der Waals surface area contributed by atoms with E-state index in [1.54, 1.807) is 20.2 Å². The van der Waals surface area contributed by atoms with Gasteiger partial charge in [0.25, 0.3) is 0 Å². The zero-order chi connectivity index (χ0) is 20.2. The Hall–Kier alpha value is -2.91. The Balaban J connectivity index is 1.85. The molecule has 0 radical (unpaired) electrons. The number of imidazole rings is 1. The van der Waals surface area contributed by atoms with E-state index in [0.29, 0.717) is 11.0 Å². The second-order valence-corrected chi connectivity index (χ2v) is 8.88. The Labute approximate surface area is 161 Å². The Kier molecular flexibility index (Phi) is 4.16. The monoisotopic (exact) mass is 400 g/mol. The minimum atomic E-state index is -4.00. The summed E-state index contributed by atoms with van der Waals surface area (Å²) in [5.74, 6) is -0.689. The van der Waals surface area contributed by atoms with Gasteiger partial charge in [0, 0.05) is 20.6 Å². The first-order chi connectivity index (χ1) is 13.2. The van der Waals surface area contributed by atoms with E-state index >= 15 is 0 Å². The number of fused-ring (bicyclic) bond motifs is 2. The number of hydrogen-bond donors (Lipinski definition) is 1. The normalized spacial score (nSPS) is 17.6. The first-order valence-corrected chi connectivity index (χ1v) is 10.2. The van der Waals surface area contributed by atoms with Crippen LogP contribution in [0, 0.1) is 0 Å². The van der Waals surface area contributed by atoms with Crippen LogP contribution in [-0.2, 0) is 41.9 Å². The Morgan fingerprint density at radius 1 is 1.04 bits per heavy atom. The van der Waals surface area contributed by atoms with Gasteiger partial charge in [0.1, 0.15) is 6.04 Å². The molecule has 2 N–H and O–H groups in total. The third kappa shape index (κ3) is 2.66. The third-order valence-electron chi connectivity index (χ3n) is 5.38. The van der Waals surface area contributed by atoms with Crippen molar-refractivity contribution in [3.8, 4) is 0 Å². The second kappa shape index (κ2) is 6.32. The van der Waals surface area contributed by atoms with E-state index in [1.165, 1.54) is 21.3 Å². The number of amides is 1. The topological polar surface area (TPSA) is 107 Å². The molecular formula is C19H20N4O4S. The zero-order valence-electron chi connectivity index (χ0n) is 15.5. The summed E-state index contributed by atoms with van der Waals surface area (Å²) < 4.78 is 30.8. The standard InChI is InChI=1S/C19H20N4O4S/c1-21-15-8-7-14(10-16(15)22(2)19(21)25)28(26,27)23-11-13-6-4-3-5-12(13)9-17(23)18(20)24/h3-8,10,17H,9,11H2,1-2H3,(H2,20,24)/t17-/m0/s1. The van der Waals surface area contributed by atoms with Crippen molar-refractivity contribution in [2.45, 2.75) is 23.9 Å². The fraction of sp³-hybridized carbons (Fsp3) is 0.263. The van der Waals surface area contributed by atoms with Gasteiger partial charge in [0.2, 0.25) is 15.9 Å². The molecule has 0 fully saturated rings. The van der Waals surface area contributed by atoms with Crippen LogP contribution in [0.2, 0.25) is 0 Å². The van der Waals surface area contributed by atoms with E-state index < -0.39 is 22.0 Å². The van der Waals surface area contributed by atoms with Gasteiger partial charge < -0.3 is 5.73 Å². The number of aromatic nitrogens is 2. The molecule has 2 aromatic carbocycles. The van der Waals surface area contributed by atoms with E-state index in [0.717, 1.165) is 15.4 Å². The summed E-state index contributed by atoms with van der Waals surface area (Å²) in [6, 6.07) is 11.0. The number of carbonyl (C=O) groups is 1. The van der Waals surface area contributed by atoms with Gasteiger partial charge in [0.05, 0.1) is 15.9 Å². The van der Waals surface area contributed by atoms with Crippen LogP contribution in [0.25, 0.3) is 11.0 Å². The molecule has 4 rings (SSSR count). The van der Waals surface area contributed by atoms with Crippen molar-refractivity contribution < 1.29 is 13.2 Å². The van der Waals surface area contributed by atoms with E-state index in [9.17, 15) is 18.0 Å². The highest BCUT2D eigenvalue weighted by atomic mass is 32.2. The number of rotatable bonds is 3. The molecule has 28 heavy (non-hydrogen) atoms. The van der Waals surface area contributed by atoms with Crippen molar-refractivity contribution in [1.29, 1.82) is 0 Å². The number of carbonyl (C=O) groups excluding carboxylic acids is 1. The minimum Gasteiger partial charge on any atom is -0.368 e. The average molecular weight is 400 g/mol. The molecule has 8 nitrogen and oxygen atoms in total. The molecule has 0 aliphatic carbocycles. The molecule has 1 aromatic heterocycles. The molecule has 1 atom stereocenters. The van der Waals surface area contributed by atoms with Crippen LogP contribution in [0.4, 0.5) is 0 Å². The maximum atomic E-state index is 13.4. The van der Waals surface area contributed by atoms with Crippen LogP contribution in [0.1, 0.15) is 11.1 Å². The summed E-state index contributed by atoms with van der Waals surface area (Å²) in [7, 11) is -0.787. The summed E-state index contributed by atoms with van der Waals surface area (Å²) in [6.45, 7) is 0.0673. The number of benzene rings is 2. The van der Waals surface area contributed by atoms with Gasteiger partial charge in [-0.1, -0.05) is 24.3 Å². The maximum Gasteiger partial charge on any atom is 0.328 e. The molecule has 0 bridgehead atoms. The molecule has 0 saturated carbocycles. The van der Waals surface area contributed by atoms with E-state index in [1.807, 2.05) is 24.3 Å². The summed E-state index contributed by atoms with van der Waals surface area (Å²) in [5, 5.41) is 0. The van der Waals surface area contributed by atoms with E-state index in [-0.39, 0.29) is 23.6 Å². The molecule has 3 aromatic rings. The van der Waals surface area contributed by atoms with Crippen LogP contribution in [0.3, 0.4) is 0 Å². The number of nitrogens with two attached hydrogens (primary N) is 1. The predicted octanol–water partition coefficient (Wildman–Crippen LogP) is 0.478. The number of nitrogens with zero attached hydrogens (tertiary/aromatic N) is 3. The van der Waals surface area contributed by atoms with Gasteiger partial charge in [-0.3, -0.25) is 13.9 Å². The molecule has 0 spiro atoms. The van der Waals surface area contributed by atoms with Crippen molar-refractivity contribution in [2.24, 2.45) is 19.8 Å². The zero-order valence-corrected chi connectivity index (χ0v) is 16.3. The van der Waals surface area contributed by atoms with Crippen molar-refractivity contribution in [2.75, 3.05) is 0 Å². The van der Waals surface area contributed by atoms with Crippen LogP contribution >= 0.6 is 0 Å². The van der Waals surface area contributed by atoms with Gasteiger partial charge >= 0.3 is 5.69 Å². The molecule has 1 aliphatic heterocycles. The van der Waals surface area contributed by atoms with Gasteiger partial charge in [-0.15, -0.1) is 0 Å². The van der Waals surface area contributed by atoms with Crippen molar-refractivity contribution in [3.63, 3.8) is 0 Å². The Morgan fingerprint density at radius 3 is 2.36 bits per heavy atom. The van der Waals surface area contributed by atoms with Crippen LogP contribution in [0.5, 0.6) is 0 Å². The lowest BCUT2D eigenvalue weighted by Crippen LogP contribution is -2.51. The summed E-state index contributed by atoms with van der Waals surface area (Å²) in [6.07, 6.45) is 0.233. The van der Waals surface area contributed by atoms with E-state index in [2.05, 4.69) is 0 Å². The highest BCUT2D eigenvalue weighted by Gasteiger charge is 2.38. The van der Waals surface area contributed by atoms with Crippen LogP contribution in [-0.4, -0.2) is 33.8 Å². The van der Waals surface area contributed by atoms with Crippen molar-refractivity contribution in [3.05, 3.63) is 64.1 Å². The molecule has 9 heteroatoms. The van der Waals surface area contributed by atoms with Crippen LogP contribution < -0.4 is 11.4 Å². The number of aryl methyl sites for hydroxylation is 2. The highest BCUT2D eigenvalue weighted by Crippen LogP contribution is 2.30. The SMILES string of the molecule is Cn1c(=O)n(C)c2cc(S(=O)(=O)N3Cc4ccccc4C[C@H]3C(N)=O)ccc21. The number of hydrogen-bond acceptors (Lipinski definition) is 4. The Bertz CT molecular complexity index is 1270. The molecule has 0 saturated heterocycles. The van der Waals surface area contributed by atoms with Gasteiger partial charge in [-0.25, -0.2) is 13.2 Å². The maximum absolute atomic E-state index is 13.4. The molecule has 2 heterocycles. The molecule has 1 aliphatic rings. The smallest absolute Gasteiger partial charge is 0.328 e. The second-order valence-electron chi connectivity index (χ2n) is 6.99. The third-order valence-corrected chi connectivity index (χ3v) is 7.23. The highest BCUT2D eigenvalue weighted by molar-refractivity contribution is 7.89. The van der Waals surface area contributed by atoms with Gasteiger partial charge in [0.15, 0.2) is 0 Å². The largest absolute Gasteiger partial charge is 0.368 e. The lowest BCUT2D eigenvalue weighted by Gasteiger charge is -2.34.